The zero-order chi connectivity index (χ0) is 15.5. The molecule has 2 aromatic heterocycles. The van der Waals surface area contributed by atoms with Crippen molar-refractivity contribution in [2.75, 3.05) is 0 Å². The molecule has 0 bridgehead atoms. The van der Waals surface area contributed by atoms with Crippen molar-refractivity contribution in [2.24, 2.45) is 5.92 Å². The topological polar surface area (TPSA) is 46.4 Å². The van der Waals surface area contributed by atoms with Crippen molar-refractivity contribution in [2.45, 2.75) is 38.6 Å². The number of amides is 1. The number of carbonyl (C=O) groups excluding carboxylic acids is 1. The van der Waals surface area contributed by atoms with Crippen LogP contribution in [-0.2, 0) is 4.79 Å². The molecule has 5 heteroatoms. The lowest BCUT2D eigenvalue weighted by atomic mass is 9.86. The Bertz CT molecular complexity index is 707. The van der Waals surface area contributed by atoms with Crippen LogP contribution in [0.3, 0.4) is 0 Å². The lowest BCUT2D eigenvalue weighted by molar-refractivity contribution is -0.117. The van der Waals surface area contributed by atoms with Crippen molar-refractivity contribution >= 4 is 29.2 Å². The Labute approximate surface area is 135 Å². The molecule has 0 unspecified atom stereocenters. The Hall–Kier alpha value is -1.81. The first kappa shape index (κ1) is 15.1. The second-order valence-electron chi connectivity index (χ2n) is 5.93. The average molecular weight is 318 g/mol. The minimum atomic E-state index is -0.0688. The van der Waals surface area contributed by atoms with E-state index in [1.54, 1.807) is 12.2 Å². The Morgan fingerprint density at radius 1 is 1.41 bits per heavy atom. The molecule has 0 spiro atoms. The third kappa shape index (κ3) is 3.17. The quantitative estimate of drug-likeness (QED) is 0.877. The fourth-order valence-electron chi connectivity index (χ4n) is 3.05. The normalized spacial score (nSPS) is 22.3. The molecule has 3 rings (SSSR count). The van der Waals surface area contributed by atoms with E-state index in [-0.39, 0.29) is 11.9 Å². The summed E-state index contributed by atoms with van der Waals surface area (Å²) in [4.78, 5) is 16.4. The summed E-state index contributed by atoms with van der Waals surface area (Å²) in [6.07, 6.45) is 9.87. The second kappa shape index (κ2) is 6.53. The van der Waals surface area contributed by atoms with Gasteiger partial charge in [0.2, 0.25) is 5.91 Å². The molecule has 22 heavy (non-hydrogen) atoms. The van der Waals surface area contributed by atoms with Crippen LogP contribution in [0.5, 0.6) is 0 Å². The van der Waals surface area contributed by atoms with Crippen LogP contribution in [0.15, 0.2) is 30.5 Å². The minimum absolute atomic E-state index is 0.0688. The Kier molecular flexibility index (Phi) is 4.48. The SMILES string of the molecule is C[C@@H]1CCCC[C@@H]1NC(=O)/C=C/c1c(Cl)nc2ccccn12. The summed E-state index contributed by atoms with van der Waals surface area (Å²) in [5, 5.41) is 3.50. The maximum absolute atomic E-state index is 12.1. The van der Waals surface area contributed by atoms with Crippen molar-refractivity contribution in [3.8, 4) is 0 Å². The Morgan fingerprint density at radius 3 is 3.05 bits per heavy atom. The number of aromatic nitrogens is 2. The largest absolute Gasteiger partial charge is 0.350 e. The molecule has 1 aliphatic rings. The van der Waals surface area contributed by atoms with E-state index in [4.69, 9.17) is 11.6 Å². The highest BCUT2D eigenvalue weighted by atomic mass is 35.5. The van der Waals surface area contributed by atoms with Gasteiger partial charge in [0.15, 0.2) is 5.15 Å². The standard InChI is InChI=1S/C17H20ClN3O/c1-12-6-2-3-7-13(12)19-16(22)10-9-14-17(18)20-15-8-4-5-11-21(14)15/h4-5,8-13H,2-3,6-7H2,1H3,(H,19,22)/b10-9+/t12-,13+/m1/s1. The fraction of sp³-hybridized carbons (Fsp3) is 0.412. The van der Waals surface area contributed by atoms with Crippen LogP contribution in [-0.4, -0.2) is 21.3 Å². The van der Waals surface area contributed by atoms with E-state index < -0.39 is 0 Å². The predicted molar refractivity (Wildman–Crippen MR) is 88.8 cm³/mol. The van der Waals surface area contributed by atoms with Crippen LogP contribution in [0.1, 0.15) is 38.3 Å². The molecule has 1 N–H and O–H groups in total. The number of nitrogens with one attached hydrogen (secondary N) is 1. The van der Waals surface area contributed by atoms with Gasteiger partial charge in [0.1, 0.15) is 5.65 Å². The van der Waals surface area contributed by atoms with Crippen molar-refractivity contribution in [1.29, 1.82) is 0 Å². The first-order chi connectivity index (χ1) is 10.6. The molecule has 0 radical (unpaired) electrons. The lowest BCUT2D eigenvalue weighted by Gasteiger charge is -2.29. The Morgan fingerprint density at radius 2 is 2.23 bits per heavy atom. The highest BCUT2D eigenvalue weighted by molar-refractivity contribution is 6.31. The number of fused-ring (bicyclic) bond motifs is 1. The minimum Gasteiger partial charge on any atom is -0.350 e. The zero-order valence-corrected chi connectivity index (χ0v) is 13.4. The molecule has 0 aromatic carbocycles. The van der Waals surface area contributed by atoms with Gasteiger partial charge >= 0.3 is 0 Å². The van der Waals surface area contributed by atoms with E-state index in [1.165, 1.54) is 19.3 Å². The molecule has 1 amide bonds. The van der Waals surface area contributed by atoms with Crippen molar-refractivity contribution < 1.29 is 4.79 Å². The number of nitrogens with zero attached hydrogens (tertiary/aromatic N) is 2. The van der Waals surface area contributed by atoms with E-state index in [0.717, 1.165) is 17.8 Å². The molecule has 1 aliphatic carbocycles. The maximum Gasteiger partial charge on any atom is 0.244 e. The number of imidazole rings is 1. The molecule has 1 fully saturated rings. The first-order valence-corrected chi connectivity index (χ1v) is 8.14. The van der Waals surface area contributed by atoms with Gasteiger partial charge in [-0.1, -0.05) is 37.4 Å². The van der Waals surface area contributed by atoms with Gasteiger partial charge in [-0.05, 0) is 37.0 Å². The van der Waals surface area contributed by atoms with Gasteiger partial charge in [0.25, 0.3) is 0 Å². The average Bonchev–Trinajstić information content (AvgIpc) is 2.83. The predicted octanol–water partition coefficient (Wildman–Crippen LogP) is 3.70. The van der Waals surface area contributed by atoms with Gasteiger partial charge in [-0.3, -0.25) is 9.20 Å². The van der Waals surface area contributed by atoms with Crippen LogP contribution in [0.4, 0.5) is 0 Å². The number of hydrogen-bond acceptors (Lipinski definition) is 2. The highest BCUT2D eigenvalue weighted by Crippen LogP contribution is 2.24. The summed E-state index contributed by atoms with van der Waals surface area (Å²) in [6.45, 7) is 2.20. The van der Waals surface area contributed by atoms with Crippen LogP contribution in [0, 0.1) is 5.92 Å². The molecule has 4 nitrogen and oxygen atoms in total. The number of carbonyl (C=O) groups is 1. The maximum atomic E-state index is 12.1. The van der Waals surface area contributed by atoms with Gasteiger partial charge in [-0.2, -0.15) is 0 Å². The van der Waals surface area contributed by atoms with E-state index in [1.807, 2.05) is 28.8 Å². The van der Waals surface area contributed by atoms with Crippen LogP contribution < -0.4 is 5.32 Å². The molecule has 2 heterocycles. The van der Waals surface area contributed by atoms with Crippen LogP contribution in [0.2, 0.25) is 5.15 Å². The summed E-state index contributed by atoms with van der Waals surface area (Å²) >= 11 is 6.15. The van der Waals surface area contributed by atoms with E-state index in [9.17, 15) is 4.79 Å². The van der Waals surface area contributed by atoms with Gasteiger partial charge < -0.3 is 5.32 Å². The molecule has 2 aromatic rings. The summed E-state index contributed by atoms with van der Waals surface area (Å²) in [7, 11) is 0. The zero-order valence-electron chi connectivity index (χ0n) is 12.6. The number of halogens is 1. The number of rotatable bonds is 3. The highest BCUT2D eigenvalue weighted by Gasteiger charge is 2.21. The van der Waals surface area contributed by atoms with Gasteiger partial charge in [0.05, 0.1) is 5.69 Å². The third-order valence-electron chi connectivity index (χ3n) is 4.35. The Balaban J connectivity index is 1.72. The molecule has 2 atom stereocenters. The van der Waals surface area contributed by atoms with Crippen molar-refractivity contribution in [1.82, 2.24) is 14.7 Å². The smallest absolute Gasteiger partial charge is 0.244 e. The molecular weight excluding hydrogens is 298 g/mol. The molecule has 1 saturated carbocycles. The summed E-state index contributed by atoms with van der Waals surface area (Å²) in [5.74, 6) is 0.478. The third-order valence-corrected chi connectivity index (χ3v) is 4.63. The van der Waals surface area contributed by atoms with E-state index in [2.05, 4.69) is 17.2 Å². The summed E-state index contributed by atoms with van der Waals surface area (Å²) < 4.78 is 1.87. The van der Waals surface area contributed by atoms with Crippen LogP contribution in [0.25, 0.3) is 11.7 Å². The molecule has 116 valence electrons. The lowest BCUT2D eigenvalue weighted by Crippen LogP contribution is -2.40. The van der Waals surface area contributed by atoms with Crippen molar-refractivity contribution in [3.05, 3.63) is 41.3 Å². The number of pyridine rings is 1. The molecular formula is C17H20ClN3O. The summed E-state index contributed by atoms with van der Waals surface area (Å²) in [6, 6.07) is 5.98. The van der Waals surface area contributed by atoms with Crippen LogP contribution >= 0.6 is 11.6 Å². The van der Waals surface area contributed by atoms with Crippen molar-refractivity contribution in [3.63, 3.8) is 0 Å². The van der Waals surface area contributed by atoms with Gasteiger partial charge in [-0.25, -0.2) is 4.98 Å². The number of hydrogen-bond donors (Lipinski definition) is 1. The fourth-order valence-corrected chi connectivity index (χ4v) is 3.29. The molecule has 0 aliphatic heterocycles. The van der Waals surface area contributed by atoms with E-state index >= 15 is 0 Å². The second-order valence-corrected chi connectivity index (χ2v) is 6.28. The van der Waals surface area contributed by atoms with Gasteiger partial charge in [0, 0.05) is 18.3 Å². The molecule has 0 saturated heterocycles. The monoisotopic (exact) mass is 317 g/mol. The van der Waals surface area contributed by atoms with E-state index in [0.29, 0.717) is 11.1 Å². The van der Waals surface area contributed by atoms with Gasteiger partial charge in [-0.15, -0.1) is 0 Å². The first-order valence-electron chi connectivity index (χ1n) is 7.76. The summed E-state index contributed by atoms with van der Waals surface area (Å²) in [5.41, 5.74) is 1.50.